The van der Waals surface area contributed by atoms with Gasteiger partial charge in [-0.1, -0.05) is 40.0 Å². The number of carbonyl (C=O) groups excluding carboxylic acids is 1. The Labute approximate surface area is 147 Å². The molecule has 6 heteroatoms. The van der Waals surface area contributed by atoms with E-state index in [1.54, 1.807) is 0 Å². The lowest BCUT2D eigenvalue weighted by Gasteiger charge is -2.35. The van der Waals surface area contributed by atoms with E-state index < -0.39 is 15.1 Å². The Kier molecular flexibility index (Phi) is 6.71. The fourth-order valence-electron chi connectivity index (χ4n) is 4.04. The van der Waals surface area contributed by atoms with E-state index in [0.717, 1.165) is 45.2 Å². The lowest BCUT2D eigenvalue weighted by molar-refractivity contribution is -0.122. The zero-order chi connectivity index (χ0) is 17.8. The van der Waals surface area contributed by atoms with Crippen LogP contribution in [0.3, 0.4) is 0 Å². The summed E-state index contributed by atoms with van der Waals surface area (Å²) in [6.45, 7) is 8.35. The topological polar surface area (TPSA) is 75.3 Å². The van der Waals surface area contributed by atoms with Crippen LogP contribution < -0.4 is 10.6 Å². The fourth-order valence-corrected chi connectivity index (χ4v) is 6.59. The molecular weight excluding hydrogens is 324 g/mol. The minimum atomic E-state index is -3.42. The number of amides is 1. The molecule has 0 spiro atoms. The minimum Gasteiger partial charge on any atom is -0.354 e. The van der Waals surface area contributed by atoms with Gasteiger partial charge in [0.2, 0.25) is 5.91 Å². The maximum atomic E-state index is 13.0. The summed E-state index contributed by atoms with van der Waals surface area (Å²) >= 11 is 0. The highest BCUT2D eigenvalue weighted by Gasteiger charge is 2.41. The van der Waals surface area contributed by atoms with Gasteiger partial charge in [0.15, 0.2) is 9.84 Å². The van der Waals surface area contributed by atoms with Gasteiger partial charge >= 0.3 is 0 Å². The first-order valence-corrected chi connectivity index (χ1v) is 11.1. The SMILES string of the molecule is CC(C)C(C(=O)NCC1(C)CCNCC1)S(=O)(=O)C1CCCCC1. The van der Waals surface area contributed by atoms with Crippen LogP contribution in [0.4, 0.5) is 0 Å². The van der Waals surface area contributed by atoms with Gasteiger partial charge < -0.3 is 10.6 Å². The smallest absolute Gasteiger partial charge is 0.238 e. The van der Waals surface area contributed by atoms with Crippen molar-refractivity contribution in [1.82, 2.24) is 10.6 Å². The molecule has 24 heavy (non-hydrogen) atoms. The molecule has 1 unspecified atom stereocenters. The van der Waals surface area contributed by atoms with E-state index in [2.05, 4.69) is 17.6 Å². The van der Waals surface area contributed by atoms with Crippen molar-refractivity contribution in [2.24, 2.45) is 11.3 Å². The highest BCUT2D eigenvalue weighted by atomic mass is 32.2. The van der Waals surface area contributed by atoms with Crippen LogP contribution in [0, 0.1) is 11.3 Å². The van der Waals surface area contributed by atoms with Crippen molar-refractivity contribution in [3.05, 3.63) is 0 Å². The number of rotatable bonds is 6. The number of piperidine rings is 1. The van der Waals surface area contributed by atoms with Crippen molar-refractivity contribution >= 4 is 15.7 Å². The van der Waals surface area contributed by atoms with Crippen molar-refractivity contribution in [3.63, 3.8) is 0 Å². The molecule has 0 bridgehead atoms. The van der Waals surface area contributed by atoms with Gasteiger partial charge in [-0.2, -0.15) is 0 Å². The Morgan fingerprint density at radius 1 is 1.17 bits per heavy atom. The molecule has 140 valence electrons. The van der Waals surface area contributed by atoms with Gasteiger partial charge in [0, 0.05) is 6.54 Å². The number of sulfone groups is 1. The molecule has 1 aliphatic heterocycles. The summed E-state index contributed by atoms with van der Waals surface area (Å²) in [5, 5.41) is 5.06. The number of carbonyl (C=O) groups is 1. The molecule has 0 aromatic carbocycles. The van der Waals surface area contributed by atoms with Crippen LogP contribution in [0.1, 0.15) is 65.7 Å². The molecule has 1 heterocycles. The van der Waals surface area contributed by atoms with E-state index in [-0.39, 0.29) is 22.5 Å². The first-order chi connectivity index (χ1) is 11.3. The Morgan fingerprint density at radius 3 is 2.29 bits per heavy atom. The molecule has 0 aromatic heterocycles. The van der Waals surface area contributed by atoms with Crippen LogP contribution in [0.15, 0.2) is 0 Å². The Balaban J connectivity index is 2.04. The van der Waals surface area contributed by atoms with E-state index in [1.807, 2.05) is 13.8 Å². The molecule has 1 saturated heterocycles. The van der Waals surface area contributed by atoms with E-state index in [1.165, 1.54) is 0 Å². The standard InChI is InChI=1S/C18H34N2O3S/c1-14(2)16(24(22,23)15-7-5-4-6-8-15)17(21)20-13-18(3)9-11-19-12-10-18/h14-16,19H,4-13H2,1-3H3,(H,20,21). The zero-order valence-corrected chi connectivity index (χ0v) is 16.3. The third-order valence-corrected chi connectivity index (χ3v) is 8.60. The third kappa shape index (κ3) is 4.72. The summed E-state index contributed by atoms with van der Waals surface area (Å²) < 4.78 is 26.1. The molecule has 1 amide bonds. The van der Waals surface area contributed by atoms with Gasteiger partial charge in [-0.05, 0) is 50.1 Å². The summed E-state index contributed by atoms with van der Waals surface area (Å²) in [7, 11) is -3.42. The Bertz CT molecular complexity index is 518. The van der Waals surface area contributed by atoms with E-state index in [9.17, 15) is 13.2 Å². The van der Waals surface area contributed by atoms with Gasteiger partial charge in [-0.25, -0.2) is 8.42 Å². The number of hydrogen-bond donors (Lipinski definition) is 2. The van der Waals surface area contributed by atoms with Crippen LogP contribution in [0.25, 0.3) is 0 Å². The first-order valence-electron chi connectivity index (χ1n) is 9.47. The van der Waals surface area contributed by atoms with Crippen LogP contribution in [0.5, 0.6) is 0 Å². The largest absolute Gasteiger partial charge is 0.354 e. The molecule has 0 radical (unpaired) electrons. The molecule has 1 aliphatic carbocycles. The quantitative estimate of drug-likeness (QED) is 0.764. The highest BCUT2D eigenvalue weighted by Crippen LogP contribution is 2.30. The predicted molar refractivity (Wildman–Crippen MR) is 97.6 cm³/mol. The molecule has 1 atom stereocenters. The molecule has 0 aromatic rings. The van der Waals surface area contributed by atoms with Crippen molar-refractivity contribution in [3.8, 4) is 0 Å². The van der Waals surface area contributed by atoms with E-state index in [4.69, 9.17) is 0 Å². The minimum absolute atomic E-state index is 0.0665. The van der Waals surface area contributed by atoms with E-state index in [0.29, 0.717) is 19.4 Å². The van der Waals surface area contributed by atoms with Gasteiger partial charge in [0.25, 0.3) is 0 Å². The maximum Gasteiger partial charge on any atom is 0.238 e. The van der Waals surface area contributed by atoms with Crippen molar-refractivity contribution in [2.75, 3.05) is 19.6 Å². The lowest BCUT2D eigenvalue weighted by Crippen LogP contribution is -2.50. The second-order valence-electron chi connectivity index (χ2n) is 8.29. The molecule has 2 rings (SSSR count). The number of nitrogens with one attached hydrogen (secondary N) is 2. The first kappa shape index (κ1) is 19.7. The molecule has 5 nitrogen and oxygen atoms in total. The van der Waals surface area contributed by atoms with Gasteiger partial charge in [0.1, 0.15) is 5.25 Å². The average molecular weight is 359 g/mol. The predicted octanol–water partition coefficient (Wildman–Crippen LogP) is 2.26. The Hall–Kier alpha value is -0.620. The summed E-state index contributed by atoms with van der Waals surface area (Å²) in [6, 6.07) is 0. The maximum absolute atomic E-state index is 13.0. The highest BCUT2D eigenvalue weighted by molar-refractivity contribution is 7.93. The monoisotopic (exact) mass is 358 g/mol. The van der Waals surface area contributed by atoms with Crippen molar-refractivity contribution in [1.29, 1.82) is 0 Å². The van der Waals surface area contributed by atoms with Crippen LogP contribution >= 0.6 is 0 Å². The van der Waals surface area contributed by atoms with Crippen molar-refractivity contribution in [2.45, 2.75) is 76.2 Å². The lowest BCUT2D eigenvalue weighted by atomic mass is 9.81. The summed E-state index contributed by atoms with van der Waals surface area (Å²) in [5.74, 6) is -0.493. The van der Waals surface area contributed by atoms with Crippen LogP contribution in [0.2, 0.25) is 0 Å². The summed E-state index contributed by atoms with van der Waals surface area (Å²) in [5.41, 5.74) is 0.0665. The summed E-state index contributed by atoms with van der Waals surface area (Å²) in [6.07, 6.45) is 6.47. The Morgan fingerprint density at radius 2 is 1.75 bits per heavy atom. The van der Waals surface area contributed by atoms with Gasteiger partial charge in [0.05, 0.1) is 5.25 Å². The van der Waals surface area contributed by atoms with Gasteiger partial charge in [-0.3, -0.25) is 4.79 Å². The molecule has 2 aliphatic rings. The van der Waals surface area contributed by atoms with Crippen molar-refractivity contribution < 1.29 is 13.2 Å². The molecule has 1 saturated carbocycles. The molecule has 2 N–H and O–H groups in total. The molecular formula is C18H34N2O3S. The average Bonchev–Trinajstić information content (AvgIpc) is 2.54. The normalized spacial score (nSPS) is 23.8. The fraction of sp³-hybridized carbons (Fsp3) is 0.944. The number of hydrogen-bond acceptors (Lipinski definition) is 4. The zero-order valence-electron chi connectivity index (χ0n) is 15.4. The van der Waals surface area contributed by atoms with Crippen LogP contribution in [-0.2, 0) is 14.6 Å². The summed E-state index contributed by atoms with van der Waals surface area (Å²) in [4.78, 5) is 12.8. The van der Waals surface area contributed by atoms with E-state index >= 15 is 0 Å². The second-order valence-corrected chi connectivity index (χ2v) is 10.6. The van der Waals surface area contributed by atoms with Gasteiger partial charge in [-0.15, -0.1) is 0 Å². The molecule has 2 fully saturated rings. The second kappa shape index (κ2) is 8.17. The third-order valence-electron chi connectivity index (χ3n) is 5.73. The van der Waals surface area contributed by atoms with Crippen LogP contribution in [-0.4, -0.2) is 44.5 Å².